The van der Waals surface area contributed by atoms with Crippen LogP contribution in [-0.4, -0.2) is 25.7 Å². The molecule has 0 aliphatic rings. The Balaban J connectivity index is 1.72. The number of hydrogen-bond acceptors (Lipinski definition) is 3. The zero-order valence-corrected chi connectivity index (χ0v) is 16.3. The average molecular weight is 416 g/mol. The van der Waals surface area contributed by atoms with Crippen molar-refractivity contribution in [2.75, 3.05) is 12.4 Å². The van der Waals surface area contributed by atoms with E-state index in [1.165, 1.54) is 35.6 Å². The Morgan fingerprint density at radius 1 is 0.931 bits per heavy atom. The Kier molecular flexibility index (Phi) is 6.05. The van der Waals surface area contributed by atoms with Crippen molar-refractivity contribution in [3.8, 4) is 0 Å². The van der Waals surface area contributed by atoms with Gasteiger partial charge in [0.05, 0.1) is 4.90 Å². The molecule has 0 aromatic heterocycles. The number of sulfonamides is 1. The van der Waals surface area contributed by atoms with Gasteiger partial charge in [-0.15, -0.1) is 0 Å². The van der Waals surface area contributed by atoms with E-state index in [2.05, 4.69) is 5.32 Å². The number of anilines is 1. The van der Waals surface area contributed by atoms with E-state index in [1.807, 2.05) is 30.3 Å². The first-order valence-corrected chi connectivity index (χ1v) is 10.1. The molecular formula is C21H18F2N2O3S. The summed E-state index contributed by atoms with van der Waals surface area (Å²) >= 11 is 0. The third-order valence-electron chi connectivity index (χ3n) is 4.19. The molecule has 0 aliphatic heterocycles. The number of nitrogens with zero attached hydrogens (tertiary/aromatic N) is 1. The Morgan fingerprint density at radius 3 is 2.10 bits per heavy atom. The van der Waals surface area contributed by atoms with E-state index in [0.717, 1.165) is 17.7 Å². The van der Waals surface area contributed by atoms with Gasteiger partial charge >= 0.3 is 0 Å². The van der Waals surface area contributed by atoms with Gasteiger partial charge in [-0.25, -0.2) is 17.2 Å². The fourth-order valence-electron chi connectivity index (χ4n) is 2.70. The lowest BCUT2D eigenvalue weighted by atomic mass is 10.2. The summed E-state index contributed by atoms with van der Waals surface area (Å²) in [7, 11) is -2.24. The molecular weight excluding hydrogens is 398 g/mol. The van der Waals surface area contributed by atoms with Gasteiger partial charge in [0.1, 0.15) is 11.6 Å². The largest absolute Gasteiger partial charge is 0.322 e. The summed E-state index contributed by atoms with van der Waals surface area (Å²) in [5, 5.41) is 2.48. The van der Waals surface area contributed by atoms with Crippen molar-refractivity contribution in [2.24, 2.45) is 0 Å². The minimum atomic E-state index is -3.72. The summed E-state index contributed by atoms with van der Waals surface area (Å²) in [6, 6.07) is 17.2. The Hall–Kier alpha value is -3.10. The van der Waals surface area contributed by atoms with Crippen molar-refractivity contribution >= 4 is 21.6 Å². The molecule has 3 rings (SSSR count). The summed E-state index contributed by atoms with van der Waals surface area (Å²) < 4.78 is 53.2. The molecule has 8 heteroatoms. The Bertz CT molecular complexity index is 1100. The molecule has 0 saturated heterocycles. The lowest BCUT2D eigenvalue weighted by Gasteiger charge is -2.17. The van der Waals surface area contributed by atoms with Gasteiger partial charge in [-0.3, -0.25) is 4.79 Å². The van der Waals surface area contributed by atoms with Gasteiger partial charge in [0.25, 0.3) is 5.91 Å². The van der Waals surface area contributed by atoms with E-state index in [0.29, 0.717) is 11.8 Å². The standard InChI is InChI=1S/C21H18F2N2O3S/c1-25(14-15-5-3-2-4-6-15)29(27,28)20-9-7-19(8-10-20)24-21(26)16-11-17(22)13-18(23)12-16/h2-13H,14H2,1H3,(H,24,26). The molecule has 3 aromatic carbocycles. The van der Waals surface area contributed by atoms with Crippen molar-refractivity contribution in [3.05, 3.63) is 95.6 Å². The minimum Gasteiger partial charge on any atom is -0.322 e. The van der Waals surface area contributed by atoms with Gasteiger partial charge < -0.3 is 5.32 Å². The molecule has 3 aromatic rings. The second-order valence-electron chi connectivity index (χ2n) is 6.38. The Labute approximate surface area is 167 Å². The highest BCUT2D eigenvalue weighted by Crippen LogP contribution is 2.20. The van der Waals surface area contributed by atoms with Gasteiger partial charge in [-0.2, -0.15) is 4.31 Å². The van der Waals surface area contributed by atoms with Crippen LogP contribution in [0.5, 0.6) is 0 Å². The molecule has 0 saturated carbocycles. The van der Waals surface area contributed by atoms with E-state index < -0.39 is 27.6 Å². The first kappa shape index (κ1) is 20.6. The van der Waals surface area contributed by atoms with Gasteiger partial charge in [-0.1, -0.05) is 30.3 Å². The third-order valence-corrected chi connectivity index (χ3v) is 6.01. The lowest BCUT2D eigenvalue weighted by molar-refractivity contribution is 0.102. The van der Waals surface area contributed by atoms with E-state index >= 15 is 0 Å². The van der Waals surface area contributed by atoms with Gasteiger partial charge in [0.2, 0.25) is 10.0 Å². The molecule has 0 unspecified atom stereocenters. The summed E-state index contributed by atoms with van der Waals surface area (Å²) in [4.78, 5) is 12.2. The van der Waals surface area contributed by atoms with Crippen LogP contribution in [0.2, 0.25) is 0 Å². The maximum Gasteiger partial charge on any atom is 0.255 e. The smallest absolute Gasteiger partial charge is 0.255 e. The fraction of sp³-hybridized carbons (Fsp3) is 0.0952. The minimum absolute atomic E-state index is 0.0609. The maximum absolute atomic E-state index is 13.3. The quantitative estimate of drug-likeness (QED) is 0.660. The van der Waals surface area contributed by atoms with Crippen molar-refractivity contribution in [1.82, 2.24) is 4.31 Å². The monoisotopic (exact) mass is 416 g/mol. The summed E-state index contributed by atoms with van der Waals surface area (Å²) in [6.45, 7) is 0.215. The SMILES string of the molecule is CN(Cc1ccccc1)S(=O)(=O)c1ccc(NC(=O)c2cc(F)cc(F)c2)cc1. The van der Waals surface area contributed by atoms with E-state index in [9.17, 15) is 22.0 Å². The molecule has 0 fully saturated rings. The number of amides is 1. The van der Waals surface area contributed by atoms with Gasteiger partial charge in [0, 0.05) is 30.9 Å². The topological polar surface area (TPSA) is 66.5 Å². The van der Waals surface area contributed by atoms with Crippen LogP contribution in [0.3, 0.4) is 0 Å². The first-order chi connectivity index (χ1) is 13.8. The van der Waals surface area contributed by atoms with Crippen molar-refractivity contribution in [2.45, 2.75) is 11.4 Å². The van der Waals surface area contributed by atoms with Crippen LogP contribution >= 0.6 is 0 Å². The molecule has 150 valence electrons. The normalized spacial score (nSPS) is 11.4. The molecule has 29 heavy (non-hydrogen) atoms. The molecule has 0 heterocycles. The van der Waals surface area contributed by atoms with E-state index in [4.69, 9.17) is 0 Å². The summed E-state index contributed by atoms with van der Waals surface area (Å²) in [5.74, 6) is -2.43. The number of hydrogen-bond donors (Lipinski definition) is 1. The third kappa shape index (κ3) is 5.04. The maximum atomic E-state index is 13.3. The number of nitrogens with one attached hydrogen (secondary N) is 1. The van der Waals surface area contributed by atoms with Gasteiger partial charge in [0.15, 0.2) is 0 Å². The zero-order chi connectivity index (χ0) is 21.0. The number of carbonyl (C=O) groups is 1. The highest BCUT2D eigenvalue weighted by molar-refractivity contribution is 7.89. The molecule has 0 spiro atoms. The fourth-order valence-corrected chi connectivity index (χ4v) is 3.86. The first-order valence-electron chi connectivity index (χ1n) is 8.63. The highest BCUT2D eigenvalue weighted by atomic mass is 32.2. The number of benzene rings is 3. The molecule has 0 aliphatic carbocycles. The highest BCUT2D eigenvalue weighted by Gasteiger charge is 2.21. The van der Waals surface area contributed by atoms with Crippen LogP contribution in [0.25, 0.3) is 0 Å². The summed E-state index contributed by atoms with van der Waals surface area (Å²) in [6.07, 6.45) is 0. The number of halogens is 2. The lowest BCUT2D eigenvalue weighted by Crippen LogP contribution is -2.26. The van der Waals surface area contributed by atoms with Crippen LogP contribution in [0.4, 0.5) is 14.5 Å². The van der Waals surface area contributed by atoms with Crippen molar-refractivity contribution in [3.63, 3.8) is 0 Å². The van der Waals surface area contributed by atoms with E-state index in [-0.39, 0.29) is 17.0 Å². The van der Waals surface area contributed by atoms with Crippen LogP contribution in [0.15, 0.2) is 77.7 Å². The van der Waals surface area contributed by atoms with Crippen molar-refractivity contribution < 1.29 is 22.0 Å². The van der Waals surface area contributed by atoms with Crippen LogP contribution < -0.4 is 5.32 Å². The van der Waals surface area contributed by atoms with Crippen LogP contribution in [0, 0.1) is 11.6 Å². The predicted molar refractivity (Wildman–Crippen MR) is 106 cm³/mol. The Morgan fingerprint density at radius 2 is 1.52 bits per heavy atom. The van der Waals surface area contributed by atoms with E-state index in [1.54, 1.807) is 0 Å². The van der Waals surface area contributed by atoms with Crippen molar-refractivity contribution in [1.29, 1.82) is 0 Å². The summed E-state index contributed by atoms with van der Waals surface area (Å²) in [5.41, 5.74) is 0.968. The van der Waals surface area contributed by atoms with Crippen LogP contribution in [-0.2, 0) is 16.6 Å². The molecule has 0 bridgehead atoms. The predicted octanol–water partition coefficient (Wildman–Crippen LogP) is 4.04. The number of rotatable bonds is 6. The molecule has 0 radical (unpaired) electrons. The second-order valence-corrected chi connectivity index (χ2v) is 8.43. The van der Waals surface area contributed by atoms with Gasteiger partial charge in [-0.05, 0) is 42.0 Å². The molecule has 1 N–H and O–H groups in total. The molecule has 0 atom stereocenters. The average Bonchev–Trinajstić information content (AvgIpc) is 2.68. The van der Waals surface area contributed by atoms with Crippen LogP contribution in [0.1, 0.15) is 15.9 Å². The number of carbonyl (C=O) groups excluding carboxylic acids is 1. The second kappa shape index (κ2) is 8.50. The molecule has 1 amide bonds. The zero-order valence-electron chi connectivity index (χ0n) is 15.5. The molecule has 5 nitrogen and oxygen atoms in total.